The molecule has 3 rings (SSSR count). The number of carbonyl (C=O) groups is 1. The maximum Gasteiger partial charge on any atom is 0.418 e. The summed E-state index contributed by atoms with van der Waals surface area (Å²) in [5.74, 6) is 0.765. The van der Waals surface area contributed by atoms with Gasteiger partial charge in [0.05, 0.1) is 18.0 Å². The number of nitrogens with zero attached hydrogens (tertiary/aromatic N) is 1. The number of amides is 1. The lowest BCUT2D eigenvalue weighted by molar-refractivity contribution is 0.104. The third kappa shape index (κ3) is 4.77. The van der Waals surface area contributed by atoms with E-state index in [1.54, 1.807) is 17.0 Å². The van der Waals surface area contributed by atoms with Crippen molar-refractivity contribution in [2.45, 2.75) is 25.7 Å². The molecule has 4 nitrogen and oxygen atoms in total. The first-order valence-electron chi connectivity index (χ1n) is 9.05. The average molecular weight is 374 g/mol. The van der Waals surface area contributed by atoms with E-state index in [0.717, 1.165) is 37.1 Å². The smallest absolute Gasteiger partial charge is 0.418 e. The van der Waals surface area contributed by atoms with Gasteiger partial charge in [-0.3, -0.25) is 0 Å². The monoisotopic (exact) mass is 373 g/mol. The van der Waals surface area contributed by atoms with Crippen molar-refractivity contribution in [2.24, 2.45) is 11.8 Å². The minimum absolute atomic E-state index is 0.255. The highest BCUT2D eigenvalue weighted by molar-refractivity contribution is 6.30. The summed E-state index contributed by atoms with van der Waals surface area (Å²) in [5, 5.41) is 9.86. The first-order chi connectivity index (χ1) is 12.7. The SMILES string of the molecule is O=C(OC[C@H]1CC[C@H](CO)CC1)N(c1ccccc1)c1ccc(Cl)cc1. The molecule has 0 aromatic heterocycles. The van der Waals surface area contributed by atoms with Gasteiger partial charge in [-0.05, 0) is 73.9 Å². The normalized spacial score (nSPS) is 19.8. The van der Waals surface area contributed by atoms with Gasteiger partial charge in [-0.1, -0.05) is 29.8 Å². The zero-order valence-corrected chi connectivity index (χ0v) is 15.4. The van der Waals surface area contributed by atoms with Crippen molar-refractivity contribution in [3.8, 4) is 0 Å². The van der Waals surface area contributed by atoms with E-state index < -0.39 is 0 Å². The van der Waals surface area contributed by atoms with Gasteiger partial charge in [0.2, 0.25) is 0 Å². The Morgan fingerprint density at radius 1 is 0.962 bits per heavy atom. The molecule has 0 aliphatic heterocycles. The molecule has 0 spiro atoms. The molecule has 0 atom stereocenters. The summed E-state index contributed by atoms with van der Waals surface area (Å²) in [6.45, 7) is 0.665. The van der Waals surface area contributed by atoms with Gasteiger partial charge in [-0.25, -0.2) is 9.69 Å². The number of rotatable bonds is 5. The quantitative estimate of drug-likeness (QED) is 0.761. The fraction of sp³-hybridized carbons (Fsp3) is 0.381. The molecular formula is C21H24ClNO3. The minimum atomic E-state index is -0.386. The third-order valence-corrected chi connectivity index (χ3v) is 5.20. The molecule has 0 unspecified atom stereocenters. The van der Waals surface area contributed by atoms with E-state index in [9.17, 15) is 9.90 Å². The summed E-state index contributed by atoms with van der Waals surface area (Å²) in [5.41, 5.74) is 1.47. The maximum absolute atomic E-state index is 12.8. The summed E-state index contributed by atoms with van der Waals surface area (Å²) < 4.78 is 5.64. The second-order valence-corrected chi connectivity index (χ2v) is 7.23. The number of carbonyl (C=O) groups excluding carboxylic acids is 1. The second-order valence-electron chi connectivity index (χ2n) is 6.79. The van der Waals surface area contributed by atoms with Crippen LogP contribution in [0.15, 0.2) is 54.6 Å². The molecule has 1 N–H and O–H groups in total. The molecule has 5 heteroatoms. The Balaban J connectivity index is 1.68. The van der Waals surface area contributed by atoms with Crippen molar-refractivity contribution < 1.29 is 14.6 Å². The summed E-state index contributed by atoms with van der Waals surface area (Å²) >= 11 is 5.98. The van der Waals surface area contributed by atoms with Crippen LogP contribution in [0.4, 0.5) is 16.2 Å². The van der Waals surface area contributed by atoms with Crippen molar-refractivity contribution in [1.29, 1.82) is 0 Å². The fourth-order valence-corrected chi connectivity index (χ4v) is 3.49. The number of para-hydroxylation sites is 1. The van der Waals surface area contributed by atoms with Crippen LogP contribution in [0.3, 0.4) is 0 Å². The molecule has 1 aliphatic carbocycles. The summed E-state index contributed by atoms with van der Waals surface area (Å²) in [6, 6.07) is 16.6. The van der Waals surface area contributed by atoms with Crippen molar-refractivity contribution >= 4 is 29.1 Å². The summed E-state index contributed by atoms with van der Waals surface area (Å²) in [4.78, 5) is 14.4. The lowest BCUT2D eigenvalue weighted by Gasteiger charge is -2.28. The number of halogens is 1. The van der Waals surface area contributed by atoms with E-state index in [2.05, 4.69) is 0 Å². The van der Waals surface area contributed by atoms with Gasteiger partial charge in [0.15, 0.2) is 0 Å². The van der Waals surface area contributed by atoms with Crippen molar-refractivity contribution in [2.75, 3.05) is 18.1 Å². The molecule has 1 saturated carbocycles. The predicted octanol–water partition coefficient (Wildman–Crippen LogP) is 5.41. The molecule has 26 heavy (non-hydrogen) atoms. The highest BCUT2D eigenvalue weighted by Gasteiger charge is 2.24. The van der Waals surface area contributed by atoms with Crippen LogP contribution >= 0.6 is 11.6 Å². The highest BCUT2D eigenvalue weighted by atomic mass is 35.5. The largest absolute Gasteiger partial charge is 0.449 e. The van der Waals surface area contributed by atoms with Gasteiger partial charge in [-0.2, -0.15) is 0 Å². The number of hydrogen-bond acceptors (Lipinski definition) is 3. The van der Waals surface area contributed by atoms with E-state index >= 15 is 0 Å². The second kappa shape index (κ2) is 9.06. The third-order valence-electron chi connectivity index (χ3n) is 4.95. The van der Waals surface area contributed by atoms with E-state index in [-0.39, 0.29) is 12.7 Å². The number of benzene rings is 2. The Labute approximate surface area is 159 Å². The Hall–Kier alpha value is -2.04. The van der Waals surface area contributed by atoms with Crippen molar-refractivity contribution in [3.63, 3.8) is 0 Å². The van der Waals surface area contributed by atoms with Crippen molar-refractivity contribution in [1.82, 2.24) is 0 Å². The van der Waals surface area contributed by atoms with E-state index in [0.29, 0.717) is 23.5 Å². The standard InChI is InChI=1S/C21H24ClNO3/c22-18-10-12-20(13-11-18)23(19-4-2-1-3-5-19)21(25)26-15-17-8-6-16(14-24)7-9-17/h1-5,10-13,16-17,24H,6-9,14-15H2/t16-,17-. The van der Waals surface area contributed by atoms with Gasteiger partial charge in [-0.15, -0.1) is 0 Å². The van der Waals surface area contributed by atoms with Crippen molar-refractivity contribution in [3.05, 3.63) is 59.6 Å². The number of ether oxygens (including phenoxy) is 1. The molecule has 138 valence electrons. The van der Waals surface area contributed by atoms with E-state index in [1.165, 1.54) is 0 Å². The number of aliphatic hydroxyl groups is 1. The van der Waals surface area contributed by atoms with Gasteiger partial charge in [0.1, 0.15) is 0 Å². The van der Waals surface area contributed by atoms with Crippen LogP contribution in [-0.2, 0) is 4.74 Å². The maximum atomic E-state index is 12.8. The minimum Gasteiger partial charge on any atom is -0.449 e. The first-order valence-corrected chi connectivity index (χ1v) is 9.43. The van der Waals surface area contributed by atoms with Crippen LogP contribution in [0.25, 0.3) is 0 Å². The van der Waals surface area contributed by atoms with E-state index in [4.69, 9.17) is 16.3 Å². The number of anilines is 2. The number of hydrogen-bond donors (Lipinski definition) is 1. The van der Waals surface area contributed by atoms with Crippen LogP contribution in [-0.4, -0.2) is 24.4 Å². The molecule has 0 bridgehead atoms. The van der Waals surface area contributed by atoms with Crippen LogP contribution in [0.2, 0.25) is 5.02 Å². The van der Waals surface area contributed by atoms with Gasteiger partial charge >= 0.3 is 6.09 Å². The van der Waals surface area contributed by atoms with Gasteiger partial charge in [0, 0.05) is 11.6 Å². The van der Waals surface area contributed by atoms with Gasteiger partial charge in [0.25, 0.3) is 0 Å². The zero-order chi connectivity index (χ0) is 18.4. The molecule has 2 aromatic carbocycles. The lowest BCUT2D eigenvalue weighted by atomic mass is 9.83. The Morgan fingerprint density at radius 2 is 1.54 bits per heavy atom. The Kier molecular flexibility index (Phi) is 6.53. The highest BCUT2D eigenvalue weighted by Crippen LogP contribution is 2.30. The van der Waals surface area contributed by atoms with E-state index in [1.807, 2.05) is 42.5 Å². The molecule has 2 aromatic rings. The molecule has 1 amide bonds. The van der Waals surface area contributed by atoms with Crippen LogP contribution in [0, 0.1) is 11.8 Å². The van der Waals surface area contributed by atoms with Crippen LogP contribution in [0.1, 0.15) is 25.7 Å². The molecule has 0 radical (unpaired) electrons. The zero-order valence-electron chi connectivity index (χ0n) is 14.7. The molecule has 1 aliphatic rings. The Bertz CT molecular complexity index is 697. The Morgan fingerprint density at radius 3 is 2.15 bits per heavy atom. The lowest BCUT2D eigenvalue weighted by Crippen LogP contribution is -2.29. The molecule has 1 fully saturated rings. The topological polar surface area (TPSA) is 49.8 Å². The summed E-state index contributed by atoms with van der Waals surface area (Å²) in [7, 11) is 0. The van der Waals surface area contributed by atoms with Crippen LogP contribution in [0.5, 0.6) is 0 Å². The molecule has 0 heterocycles. The van der Waals surface area contributed by atoms with Gasteiger partial charge < -0.3 is 9.84 Å². The summed E-state index contributed by atoms with van der Waals surface area (Å²) in [6.07, 6.45) is 3.59. The number of aliphatic hydroxyl groups excluding tert-OH is 1. The molecular weight excluding hydrogens is 350 g/mol. The predicted molar refractivity (Wildman–Crippen MR) is 104 cm³/mol. The first kappa shape index (κ1) is 18.7. The fourth-order valence-electron chi connectivity index (χ4n) is 3.36. The van der Waals surface area contributed by atoms with Crippen LogP contribution < -0.4 is 4.90 Å². The molecule has 0 saturated heterocycles. The average Bonchev–Trinajstić information content (AvgIpc) is 2.69.